The van der Waals surface area contributed by atoms with Crippen molar-refractivity contribution in [3.05, 3.63) is 54.2 Å². The van der Waals surface area contributed by atoms with Crippen LogP contribution in [0.2, 0.25) is 0 Å². The third-order valence-corrected chi connectivity index (χ3v) is 3.28. The molecule has 0 amide bonds. The lowest BCUT2D eigenvalue weighted by Crippen LogP contribution is -2.31. The summed E-state index contributed by atoms with van der Waals surface area (Å²) in [6.07, 6.45) is 0.955. The van der Waals surface area contributed by atoms with Crippen molar-refractivity contribution in [2.24, 2.45) is 21.7 Å². The summed E-state index contributed by atoms with van der Waals surface area (Å²) in [5.74, 6) is -0.873. The second-order valence-electron chi connectivity index (χ2n) is 4.08. The van der Waals surface area contributed by atoms with Gasteiger partial charge in [-0.2, -0.15) is 5.10 Å². The third-order valence-electron chi connectivity index (χ3n) is 2.57. The predicted molar refractivity (Wildman–Crippen MR) is 90.4 cm³/mol. The van der Waals surface area contributed by atoms with Crippen LogP contribution < -0.4 is 22.7 Å². The number of aromatic hydroxyl groups is 1. The highest BCUT2D eigenvalue weighted by atomic mass is 127. The Bertz CT molecular complexity index is 862. The summed E-state index contributed by atoms with van der Waals surface area (Å²) in [5.41, 5.74) is 8.76. The molecule has 0 spiro atoms. The van der Waals surface area contributed by atoms with Crippen LogP contribution in [0.1, 0.15) is 5.56 Å². The highest BCUT2D eigenvalue weighted by molar-refractivity contribution is 14.1. The van der Waals surface area contributed by atoms with E-state index in [4.69, 9.17) is 11.5 Å². The van der Waals surface area contributed by atoms with Crippen molar-refractivity contribution < 1.29 is 5.11 Å². The van der Waals surface area contributed by atoms with Crippen LogP contribution in [-0.4, -0.2) is 26.8 Å². The normalized spacial score (nSPS) is 10.8. The van der Waals surface area contributed by atoms with Crippen LogP contribution in [0.3, 0.4) is 0 Å². The number of nitrogens with two attached hydrogens (primary N) is 2. The summed E-state index contributed by atoms with van der Waals surface area (Å²) in [6, 6.07) is 6.75. The number of aromatic amines is 1. The number of nitrogens with zero attached hydrogens (tertiary/aromatic N) is 3. The molecule has 0 aliphatic rings. The van der Waals surface area contributed by atoms with Crippen molar-refractivity contribution in [3.63, 3.8) is 0 Å². The van der Waals surface area contributed by atoms with E-state index in [1.54, 1.807) is 24.3 Å². The van der Waals surface area contributed by atoms with Gasteiger partial charge in [-0.3, -0.25) is 9.78 Å². The first-order chi connectivity index (χ1) is 10.4. The first-order valence-electron chi connectivity index (χ1n) is 5.86. The standard InChI is InChI=1S/C12H11IN6O3/c13-6-1-3-7(4-2-6)19-10(21)8(5-16-18-11(14)15)9(20)17-12(19)22/h1-5,21H,(H4,14,15,18)(H,17,20,22). The van der Waals surface area contributed by atoms with Crippen molar-refractivity contribution >= 4 is 34.8 Å². The molecule has 1 aromatic carbocycles. The number of hydrogen-bond donors (Lipinski definition) is 4. The minimum absolute atomic E-state index is 0.247. The molecular weight excluding hydrogens is 403 g/mol. The van der Waals surface area contributed by atoms with Gasteiger partial charge in [0.25, 0.3) is 5.56 Å². The lowest BCUT2D eigenvalue weighted by atomic mass is 10.3. The summed E-state index contributed by atoms with van der Waals surface area (Å²) in [7, 11) is 0. The molecule has 0 radical (unpaired) electrons. The maximum atomic E-state index is 11.9. The Morgan fingerprint density at radius 1 is 1.27 bits per heavy atom. The molecular formula is C12H11IN6O3. The fraction of sp³-hybridized carbons (Fsp3) is 0. The molecule has 10 heteroatoms. The zero-order chi connectivity index (χ0) is 16.3. The number of nitrogens with one attached hydrogen (secondary N) is 1. The van der Waals surface area contributed by atoms with Crippen LogP contribution in [0.5, 0.6) is 5.88 Å². The SMILES string of the molecule is NC(N)=NN=Cc1c(O)n(-c2ccc(I)cc2)c(=O)[nH]c1=O. The summed E-state index contributed by atoms with van der Waals surface area (Å²) in [6.45, 7) is 0. The van der Waals surface area contributed by atoms with Crippen molar-refractivity contribution in [3.8, 4) is 11.6 Å². The smallest absolute Gasteiger partial charge is 0.335 e. The highest BCUT2D eigenvalue weighted by Gasteiger charge is 2.14. The summed E-state index contributed by atoms with van der Waals surface area (Å²) in [5, 5.41) is 17.0. The van der Waals surface area contributed by atoms with E-state index < -0.39 is 17.1 Å². The molecule has 0 atom stereocenters. The van der Waals surface area contributed by atoms with Gasteiger partial charge in [0, 0.05) is 3.57 Å². The van der Waals surface area contributed by atoms with Gasteiger partial charge in [-0.1, -0.05) is 0 Å². The van der Waals surface area contributed by atoms with Crippen LogP contribution in [0.15, 0.2) is 44.1 Å². The van der Waals surface area contributed by atoms with E-state index in [2.05, 4.69) is 37.8 Å². The van der Waals surface area contributed by atoms with Gasteiger partial charge in [0.05, 0.1) is 11.9 Å². The number of guanidine groups is 1. The molecule has 0 unspecified atom stereocenters. The van der Waals surface area contributed by atoms with E-state index >= 15 is 0 Å². The molecule has 0 aliphatic carbocycles. The van der Waals surface area contributed by atoms with Crippen LogP contribution in [0.4, 0.5) is 0 Å². The van der Waals surface area contributed by atoms with E-state index in [0.717, 1.165) is 14.4 Å². The summed E-state index contributed by atoms with van der Waals surface area (Å²) >= 11 is 2.10. The lowest BCUT2D eigenvalue weighted by Gasteiger charge is -2.09. The fourth-order valence-electron chi connectivity index (χ4n) is 1.64. The number of aromatic nitrogens is 2. The van der Waals surface area contributed by atoms with Gasteiger partial charge in [-0.15, -0.1) is 5.10 Å². The molecule has 0 fully saturated rings. The zero-order valence-corrected chi connectivity index (χ0v) is 13.2. The Hall–Kier alpha value is -2.63. The molecule has 0 aliphatic heterocycles. The highest BCUT2D eigenvalue weighted by Crippen LogP contribution is 2.16. The Morgan fingerprint density at radius 2 is 1.91 bits per heavy atom. The molecule has 2 aromatic rings. The minimum atomic E-state index is -0.807. The van der Waals surface area contributed by atoms with E-state index in [1.807, 2.05) is 0 Å². The average molecular weight is 414 g/mol. The number of hydrogen-bond acceptors (Lipinski definition) is 5. The van der Waals surface area contributed by atoms with E-state index in [-0.39, 0.29) is 11.5 Å². The maximum absolute atomic E-state index is 11.9. The quantitative estimate of drug-likeness (QED) is 0.230. The Morgan fingerprint density at radius 3 is 2.50 bits per heavy atom. The number of rotatable bonds is 3. The largest absolute Gasteiger partial charge is 0.493 e. The van der Waals surface area contributed by atoms with Gasteiger partial charge >= 0.3 is 5.69 Å². The fourth-order valence-corrected chi connectivity index (χ4v) is 2.00. The van der Waals surface area contributed by atoms with Gasteiger partial charge in [0.1, 0.15) is 5.56 Å². The van der Waals surface area contributed by atoms with Crippen LogP contribution >= 0.6 is 22.6 Å². The van der Waals surface area contributed by atoms with Crippen molar-refractivity contribution in [1.82, 2.24) is 9.55 Å². The molecule has 1 heterocycles. The van der Waals surface area contributed by atoms with Gasteiger partial charge < -0.3 is 16.6 Å². The van der Waals surface area contributed by atoms with E-state index in [0.29, 0.717) is 5.69 Å². The molecule has 22 heavy (non-hydrogen) atoms. The molecule has 0 saturated carbocycles. The van der Waals surface area contributed by atoms with Gasteiger partial charge in [-0.25, -0.2) is 9.36 Å². The van der Waals surface area contributed by atoms with Crippen LogP contribution in [0.25, 0.3) is 5.69 Å². The number of benzene rings is 1. The zero-order valence-electron chi connectivity index (χ0n) is 11.0. The topological polar surface area (TPSA) is 152 Å². The molecule has 1 aromatic heterocycles. The van der Waals surface area contributed by atoms with E-state index in [1.165, 1.54) is 0 Å². The molecule has 0 saturated heterocycles. The Labute approximate surface area is 137 Å². The molecule has 2 rings (SSSR count). The Kier molecular flexibility index (Phi) is 4.60. The average Bonchev–Trinajstić information content (AvgIpc) is 2.44. The van der Waals surface area contributed by atoms with Gasteiger partial charge in [0.2, 0.25) is 11.8 Å². The van der Waals surface area contributed by atoms with Crippen molar-refractivity contribution in [1.29, 1.82) is 0 Å². The predicted octanol–water partition coefficient (Wildman–Crippen LogP) is -0.557. The van der Waals surface area contributed by atoms with Crippen molar-refractivity contribution in [2.75, 3.05) is 0 Å². The molecule has 9 nitrogen and oxygen atoms in total. The molecule has 6 N–H and O–H groups in total. The van der Waals surface area contributed by atoms with Crippen molar-refractivity contribution in [2.45, 2.75) is 0 Å². The van der Waals surface area contributed by atoms with Gasteiger partial charge in [-0.05, 0) is 46.9 Å². The Balaban J connectivity index is 2.64. The van der Waals surface area contributed by atoms with E-state index in [9.17, 15) is 14.7 Å². The monoisotopic (exact) mass is 414 g/mol. The first-order valence-corrected chi connectivity index (χ1v) is 6.94. The first kappa shape index (κ1) is 15.8. The summed E-state index contributed by atoms with van der Waals surface area (Å²) in [4.78, 5) is 25.7. The number of H-pyrrole nitrogens is 1. The molecule has 114 valence electrons. The van der Waals surface area contributed by atoms with Crippen LogP contribution in [-0.2, 0) is 0 Å². The molecule has 0 bridgehead atoms. The minimum Gasteiger partial charge on any atom is -0.493 e. The second-order valence-corrected chi connectivity index (χ2v) is 5.32. The maximum Gasteiger partial charge on any atom is 0.335 e. The second kappa shape index (κ2) is 6.43. The third kappa shape index (κ3) is 3.33. The number of halogens is 1. The summed E-state index contributed by atoms with van der Waals surface area (Å²) < 4.78 is 1.89. The van der Waals surface area contributed by atoms with Crippen LogP contribution in [0, 0.1) is 3.57 Å². The van der Waals surface area contributed by atoms with Gasteiger partial charge in [0.15, 0.2) is 0 Å². The lowest BCUT2D eigenvalue weighted by molar-refractivity contribution is 0.430.